The number of aromatic nitrogens is 5. The molecule has 10 nitrogen and oxygen atoms in total. The number of hydrogen-bond donors (Lipinski definition) is 1. The molecule has 1 unspecified atom stereocenters. The summed E-state index contributed by atoms with van der Waals surface area (Å²) in [7, 11) is 0. The maximum atomic E-state index is 13.3. The Morgan fingerprint density at radius 2 is 2.12 bits per heavy atom. The van der Waals surface area contributed by atoms with Crippen LogP contribution in [0.4, 0.5) is 9.70 Å². The van der Waals surface area contributed by atoms with E-state index in [2.05, 4.69) is 15.1 Å². The fourth-order valence-corrected chi connectivity index (χ4v) is 5.00. The molecule has 3 aromatic heterocycles. The molecule has 1 atom stereocenters. The number of primary amides is 1. The van der Waals surface area contributed by atoms with E-state index in [-0.39, 0.29) is 43.0 Å². The molecule has 0 aromatic carbocycles. The van der Waals surface area contributed by atoms with Crippen molar-refractivity contribution >= 4 is 47.4 Å². The number of nitrogens with two attached hydrogens (primary N) is 1. The molecule has 3 amide bonds. The molecule has 1 fully saturated rings. The average molecular weight is 488 g/mol. The monoisotopic (exact) mass is 487 g/mol. The summed E-state index contributed by atoms with van der Waals surface area (Å²) in [6.45, 7) is 1.84. The standard InChI is InChI=1S/C22H26FN7O3S/c1-2-5-19(33)28(13-31)22-16(20-15-8-9-30(34-23)21(15)26-12-25-20)11-29(27-22)17(10-18(24)32)14-6-3-4-7-14/h8-9,11-14,17H,2-7,10H2,1H3,(H2,24,32). The van der Waals surface area contributed by atoms with Gasteiger partial charge in [-0.1, -0.05) is 19.8 Å². The largest absolute Gasteiger partial charge is 0.370 e. The van der Waals surface area contributed by atoms with Gasteiger partial charge in [0.15, 0.2) is 23.8 Å². The molecule has 12 heteroatoms. The van der Waals surface area contributed by atoms with Crippen molar-refractivity contribution in [3.8, 4) is 11.3 Å². The molecule has 4 rings (SSSR count). The molecule has 0 radical (unpaired) electrons. The molecule has 0 saturated heterocycles. The van der Waals surface area contributed by atoms with Gasteiger partial charge in [0.05, 0.1) is 17.3 Å². The summed E-state index contributed by atoms with van der Waals surface area (Å²) >= 11 is 0.00256. The summed E-state index contributed by atoms with van der Waals surface area (Å²) in [5, 5.41) is 5.17. The van der Waals surface area contributed by atoms with Crippen molar-refractivity contribution in [1.29, 1.82) is 0 Å². The Labute approximate surface area is 200 Å². The van der Waals surface area contributed by atoms with Gasteiger partial charge in [-0.2, -0.15) is 5.10 Å². The van der Waals surface area contributed by atoms with E-state index in [0.717, 1.165) is 30.6 Å². The van der Waals surface area contributed by atoms with Gasteiger partial charge in [-0.05, 0) is 31.2 Å². The summed E-state index contributed by atoms with van der Waals surface area (Å²) in [6.07, 6.45) is 9.72. The van der Waals surface area contributed by atoms with Gasteiger partial charge < -0.3 is 5.73 Å². The molecule has 3 heterocycles. The minimum absolute atomic E-state index is 0.00256. The summed E-state index contributed by atoms with van der Waals surface area (Å²) in [6, 6.07) is 1.35. The number of fused-ring (bicyclic) bond motifs is 1. The van der Waals surface area contributed by atoms with Gasteiger partial charge in [-0.15, -0.1) is 3.89 Å². The van der Waals surface area contributed by atoms with Crippen molar-refractivity contribution in [2.24, 2.45) is 11.7 Å². The highest BCUT2D eigenvalue weighted by Crippen LogP contribution is 2.40. The first kappa shape index (κ1) is 23.9. The summed E-state index contributed by atoms with van der Waals surface area (Å²) in [5.74, 6) is -0.551. The van der Waals surface area contributed by atoms with Crippen LogP contribution in [-0.2, 0) is 14.4 Å². The summed E-state index contributed by atoms with van der Waals surface area (Å²) < 4.78 is 16.2. The van der Waals surface area contributed by atoms with Crippen molar-refractivity contribution in [2.75, 3.05) is 4.90 Å². The zero-order valence-corrected chi connectivity index (χ0v) is 19.6. The third-order valence-electron chi connectivity index (χ3n) is 6.25. The fraction of sp³-hybridized carbons (Fsp3) is 0.455. The van der Waals surface area contributed by atoms with Gasteiger partial charge in [-0.25, -0.2) is 18.8 Å². The second-order valence-corrected chi connectivity index (χ2v) is 8.95. The number of carbonyl (C=O) groups excluding carboxylic acids is 3. The first-order valence-corrected chi connectivity index (χ1v) is 11.9. The Hall–Kier alpha value is -3.28. The molecule has 1 aliphatic rings. The molecular weight excluding hydrogens is 461 g/mol. The number of anilines is 1. The number of amides is 3. The number of nitrogens with zero attached hydrogens (tertiary/aromatic N) is 6. The van der Waals surface area contributed by atoms with Crippen LogP contribution in [0.25, 0.3) is 22.3 Å². The van der Waals surface area contributed by atoms with E-state index in [4.69, 9.17) is 5.73 Å². The molecule has 180 valence electrons. The van der Waals surface area contributed by atoms with Gasteiger partial charge in [0.25, 0.3) is 0 Å². The van der Waals surface area contributed by atoms with E-state index in [1.807, 2.05) is 6.92 Å². The Bertz CT molecular complexity index is 1200. The van der Waals surface area contributed by atoms with Crippen LogP contribution in [-0.4, -0.2) is 41.9 Å². The maximum Gasteiger partial charge on any atom is 0.234 e. The van der Waals surface area contributed by atoms with Crippen molar-refractivity contribution in [1.82, 2.24) is 23.7 Å². The lowest BCUT2D eigenvalue weighted by molar-refractivity contribution is -0.122. The predicted molar refractivity (Wildman–Crippen MR) is 126 cm³/mol. The molecule has 2 N–H and O–H groups in total. The van der Waals surface area contributed by atoms with Gasteiger partial charge in [0.2, 0.25) is 18.2 Å². The van der Waals surface area contributed by atoms with Crippen LogP contribution >= 0.6 is 12.3 Å². The van der Waals surface area contributed by atoms with Gasteiger partial charge in [0.1, 0.15) is 6.33 Å². The zero-order chi connectivity index (χ0) is 24.2. The van der Waals surface area contributed by atoms with E-state index in [0.29, 0.717) is 35.1 Å². The fourth-order valence-electron chi connectivity index (χ4n) is 4.68. The topological polar surface area (TPSA) is 129 Å². The SMILES string of the molecule is CCCC(=O)N(C=O)c1nn(C(CC(N)=O)C2CCCC2)cc1-c1ncnc2c1ccn2SF. The number of imide groups is 1. The highest BCUT2D eigenvalue weighted by molar-refractivity contribution is 7.92. The van der Waals surface area contributed by atoms with Crippen molar-refractivity contribution < 1.29 is 18.3 Å². The smallest absolute Gasteiger partial charge is 0.234 e. The predicted octanol–water partition coefficient (Wildman–Crippen LogP) is 3.57. The van der Waals surface area contributed by atoms with Gasteiger partial charge >= 0.3 is 0 Å². The van der Waals surface area contributed by atoms with Crippen LogP contribution in [0.2, 0.25) is 0 Å². The van der Waals surface area contributed by atoms with Crippen molar-refractivity contribution in [3.05, 3.63) is 24.8 Å². The highest BCUT2D eigenvalue weighted by Gasteiger charge is 2.32. The normalized spacial score (nSPS) is 15.0. The summed E-state index contributed by atoms with van der Waals surface area (Å²) in [5.41, 5.74) is 6.72. The zero-order valence-electron chi connectivity index (χ0n) is 18.8. The van der Waals surface area contributed by atoms with E-state index >= 15 is 0 Å². The quantitative estimate of drug-likeness (QED) is 0.433. The number of carbonyl (C=O) groups is 3. The Balaban J connectivity index is 1.90. The first-order chi connectivity index (χ1) is 16.5. The summed E-state index contributed by atoms with van der Waals surface area (Å²) in [4.78, 5) is 46.2. The van der Waals surface area contributed by atoms with Crippen molar-refractivity contribution in [3.63, 3.8) is 0 Å². The van der Waals surface area contributed by atoms with Crippen LogP contribution in [0.15, 0.2) is 24.8 Å². The Kier molecular flexibility index (Phi) is 7.25. The molecular formula is C22H26FN7O3S. The van der Waals surface area contributed by atoms with E-state index < -0.39 is 11.8 Å². The minimum Gasteiger partial charge on any atom is -0.370 e. The molecule has 1 aliphatic carbocycles. The number of rotatable bonds is 10. The third kappa shape index (κ3) is 4.54. The number of hydrogen-bond acceptors (Lipinski definition) is 7. The highest BCUT2D eigenvalue weighted by atomic mass is 32.2. The van der Waals surface area contributed by atoms with E-state index in [9.17, 15) is 18.3 Å². The second-order valence-electron chi connectivity index (χ2n) is 8.42. The molecule has 0 bridgehead atoms. The lowest BCUT2D eigenvalue weighted by atomic mass is 9.95. The van der Waals surface area contributed by atoms with Crippen LogP contribution < -0.4 is 10.6 Å². The Morgan fingerprint density at radius 3 is 2.76 bits per heavy atom. The average Bonchev–Trinajstić information content (AvgIpc) is 3.57. The minimum atomic E-state index is -0.453. The molecule has 3 aromatic rings. The van der Waals surface area contributed by atoms with E-state index in [1.54, 1.807) is 16.9 Å². The molecule has 1 saturated carbocycles. The lowest BCUT2D eigenvalue weighted by Gasteiger charge is -2.22. The maximum absolute atomic E-state index is 13.3. The third-order valence-corrected chi connectivity index (χ3v) is 6.69. The van der Waals surface area contributed by atoms with Crippen LogP contribution in [0, 0.1) is 5.92 Å². The van der Waals surface area contributed by atoms with Crippen LogP contribution in [0.1, 0.15) is 57.9 Å². The van der Waals surface area contributed by atoms with Crippen LogP contribution in [0.3, 0.4) is 0 Å². The van der Waals surface area contributed by atoms with Gasteiger partial charge in [0, 0.05) is 30.6 Å². The molecule has 0 spiro atoms. The van der Waals surface area contributed by atoms with Crippen molar-refractivity contribution in [2.45, 2.75) is 57.9 Å². The van der Waals surface area contributed by atoms with Crippen LogP contribution in [0.5, 0.6) is 0 Å². The first-order valence-electron chi connectivity index (χ1n) is 11.2. The van der Waals surface area contributed by atoms with E-state index in [1.165, 1.54) is 16.5 Å². The molecule has 0 aliphatic heterocycles. The second kappa shape index (κ2) is 10.3. The number of halogens is 1. The van der Waals surface area contributed by atoms with Gasteiger partial charge in [-0.3, -0.25) is 19.1 Å². The lowest BCUT2D eigenvalue weighted by Crippen LogP contribution is -2.30. The molecule has 34 heavy (non-hydrogen) atoms. The Morgan fingerprint density at radius 1 is 1.35 bits per heavy atom.